The molecule has 0 aliphatic heterocycles. The maximum absolute atomic E-state index is 14.2. The van der Waals surface area contributed by atoms with Gasteiger partial charge in [0.2, 0.25) is 0 Å². The van der Waals surface area contributed by atoms with Gasteiger partial charge in [-0.05, 0) is 37.5 Å². The average molecular weight is 266 g/mol. The van der Waals surface area contributed by atoms with Gasteiger partial charge < -0.3 is 10.6 Å². The quantitative estimate of drug-likeness (QED) is 0.804. The van der Waals surface area contributed by atoms with Crippen LogP contribution in [0.3, 0.4) is 0 Å². The molecule has 0 aliphatic carbocycles. The largest absolute Gasteiger partial charge is 0.369 e. The van der Waals surface area contributed by atoms with E-state index in [0.29, 0.717) is 11.6 Å². The molecule has 1 rings (SSSR count). The second kappa shape index (κ2) is 7.49. The molecule has 0 saturated carbocycles. The van der Waals surface area contributed by atoms with Gasteiger partial charge in [0.05, 0.1) is 5.69 Å². The first-order valence-corrected chi connectivity index (χ1v) is 7.33. The van der Waals surface area contributed by atoms with E-state index < -0.39 is 0 Å². The van der Waals surface area contributed by atoms with E-state index >= 15 is 0 Å². The van der Waals surface area contributed by atoms with Crippen molar-refractivity contribution in [3.8, 4) is 0 Å². The van der Waals surface area contributed by atoms with Crippen molar-refractivity contribution in [2.24, 2.45) is 11.7 Å². The minimum absolute atomic E-state index is 0.127. The third-order valence-electron chi connectivity index (χ3n) is 3.85. The molecule has 19 heavy (non-hydrogen) atoms. The molecule has 0 fully saturated rings. The third kappa shape index (κ3) is 4.20. The molecule has 0 radical (unpaired) electrons. The lowest BCUT2D eigenvalue weighted by Crippen LogP contribution is -2.29. The van der Waals surface area contributed by atoms with Crippen molar-refractivity contribution in [2.75, 3.05) is 18.0 Å². The van der Waals surface area contributed by atoms with Crippen molar-refractivity contribution < 1.29 is 4.39 Å². The maximum Gasteiger partial charge on any atom is 0.146 e. The number of hydrogen-bond acceptors (Lipinski definition) is 2. The molecule has 1 aromatic carbocycles. The van der Waals surface area contributed by atoms with Gasteiger partial charge in [0, 0.05) is 19.1 Å². The molecule has 1 atom stereocenters. The van der Waals surface area contributed by atoms with E-state index in [1.54, 1.807) is 6.07 Å². The van der Waals surface area contributed by atoms with E-state index in [9.17, 15) is 4.39 Å². The van der Waals surface area contributed by atoms with Gasteiger partial charge in [0.15, 0.2) is 0 Å². The maximum atomic E-state index is 14.2. The molecule has 2 N–H and O–H groups in total. The normalized spacial score (nSPS) is 12.8. The molecule has 108 valence electrons. The fraction of sp³-hybridized carbons (Fsp3) is 0.625. The van der Waals surface area contributed by atoms with E-state index in [0.717, 1.165) is 31.5 Å². The molecule has 0 heterocycles. The van der Waals surface area contributed by atoms with E-state index in [1.807, 2.05) is 19.1 Å². The molecule has 2 nitrogen and oxygen atoms in total. The number of nitrogens with zero attached hydrogens (tertiary/aromatic N) is 1. The Balaban J connectivity index is 2.92. The fourth-order valence-corrected chi connectivity index (χ4v) is 2.32. The molecular formula is C16H27FN2. The zero-order valence-electron chi connectivity index (χ0n) is 12.6. The van der Waals surface area contributed by atoms with Crippen molar-refractivity contribution in [1.29, 1.82) is 0 Å². The molecular weight excluding hydrogens is 239 g/mol. The predicted molar refractivity (Wildman–Crippen MR) is 81.0 cm³/mol. The van der Waals surface area contributed by atoms with Crippen LogP contribution in [0.4, 0.5) is 10.1 Å². The number of nitrogens with two attached hydrogens (primary N) is 1. The summed E-state index contributed by atoms with van der Waals surface area (Å²) in [5, 5.41) is 0. The minimum Gasteiger partial charge on any atom is -0.369 e. The number of benzene rings is 1. The number of anilines is 1. The highest BCUT2D eigenvalue weighted by atomic mass is 19.1. The summed E-state index contributed by atoms with van der Waals surface area (Å²) in [6, 6.07) is 5.23. The van der Waals surface area contributed by atoms with Crippen molar-refractivity contribution in [3.63, 3.8) is 0 Å². The summed E-state index contributed by atoms with van der Waals surface area (Å²) in [6.45, 7) is 10.1. The fourth-order valence-electron chi connectivity index (χ4n) is 2.32. The summed E-state index contributed by atoms with van der Waals surface area (Å²) in [5.41, 5.74) is 7.33. The highest BCUT2D eigenvalue weighted by Crippen LogP contribution is 2.24. The lowest BCUT2D eigenvalue weighted by molar-refractivity contribution is 0.481. The standard InChI is InChI=1S/C16H27FN2/c1-5-13(6-2)11-19(7-3)16-9-8-14(12(4)18)10-15(16)17/h8-10,12-13H,5-7,11,18H2,1-4H3/t12-/m0/s1. The van der Waals surface area contributed by atoms with Gasteiger partial charge in [-0.1, -0.05) is 32.8 Å². The van der Waals surface area contributed by atoms with Crippen molar-refractivity contribution in [3.05, 3.63) is 29.6 Å². The van der Waals surface area contributed by atoms with Crippen LogP contribution >= 0.6 is 0 Å². The van der Waals surface area contributed by atoms with Crippen LogP contribution < -0.4 is 10.6 Å². The highest BCUT2D eigenvalue weighted by molar-refractivity contribution is 5.49. The van der Waals surface area contributed by atoms with E-state index in [2.05, 4.69) is 25.7 Å². The molecule has 3 heteroatoms. The Bertz CT molecular complexity index is 386. The first-order chi connectivity index (χ1) is 9.03. The van der Waals surface area contributed by atoms with Crippen LogP contribution in [-0.2, 0) is 0 Å². The number of rotatable bonds is 7. The second-order valence-electron chi connectivity index (χ2n) is 5.22. The Morgan fingerprint density at radius 1 is 1.21 bits per heavy atom. The summed E-state index contributed by atoms with van der Waals surface area (Å²) in [6.07, 6.45) is 2.26. The Morgan fingerprint density at radius 3 is 2.26 bits per heavy atom. The topological polar surface area (TPSA) is 29.3 Å². The summed E-state index contributed by atoms with van der Waals surface area (Å²) in [5.74, 6) is 0.454. The van der Waals surface area contributed by atoms with Gasteiger partial charge in [-0.3, -0.25) is 0 Å². The Kier molecular flexibility index (Phi) is 6.29. The van der Waals surface area contributed by atoms with Crippen LogP contribution in [0, 0.1) is 11.7 Å². The van der Waals surface area contributed by atoms with Crippen LogP contribution in [-0.4, -0.2) is 13.1 Å². The van der Waals surface area contributed by atoms with Crippen molar-refractivity contribution in [1.82, 2.24) is 0 Å². The molecule has 0 aromatic heterocycles. The van der Waals surface area contributed by atoms with Gasteiger partial charge in [-0.25, -0.2) is 4.39 Å². The van der Waals surface area contributed by atoms with Gasteiger partial charge in [-0.15, -0.1) is 0 Å². The Labute approximate surface area is 116 Å². The smallest absolute Gasteiger partial charge is 0.146 e. The van der Waals surface area contributed by atoms with Crippen molar-refractivity contribution >= 4 is 5.69 Å². The summed E-state index contributed by atoms with van der Waals surface area (Å²) in [4.78, 5) is 2.12. The zero-order chi connectivity index (χ0) is 14.4. The monoisotopic (exact) mass is 266 g/mol. The van der Waals surface area contributed by atoms with E-state index in [-0.39, 0.29) is 11.9 Å². The van der Waals surface area contributed by atoms with Crippen LogP contribution in [0.5, 0.6) is 0 Å². The molecule has 0 spiro atoms. The minimum atomic E-state index is -0.164. The zero-order valence-corrected chi connectivity index (χ0v) is 12.6. The Hall–Kier alpha value is -1.09. The molecule has 1 aromatic rings. The number of halogens is 1. The predicted octanol–water partition coefficient (Wildman–Crippen LogP) is 4.11. The first kappa shape index (κ1) is 16.0. The lowest BCUT2D eigenvalue weighted by Gasteiger charge is -2.28. The van der Waals surface area contributed by atoms with Gasteiger partial charge in [0.25, 0.3) is 0 Å². The van der Waals surface area contributed by atoms with Crippen LogP contribution in [0.25, 0.3) is 0 Å². The molecule has 0 saturated heterocycles. The summed E-state index contributed by atoms with van der Waals surface area (Å²) >= 11 is 0. The molecule has 0 unspecified atom stereocenters. The van der Waals surface area contributed by atoms with E-state index in [1.165, 1.54) is 0 Å². The summed E-state index contributed by atoms with van der Waals surface area (Å²) < 4.78 is 14.2. The number of hydrogen-bond donors (Lipinski definition) is 1. The third-order valence-corrected chi connectivity index (χ3v) is 3.85. The molecule has 0 amide bonds. The SMILES string of the molecule is CCC(CC)CN(CC)c1ccc([C@H](C)N)cc1F. The molecule has 0 bridgehead atoms. The highest BCUT2D eigenvalue weighted by Gasteiger charge is 2.15. The van der Waals surface area contributed by atoms with Crippen LogP contribution in [0.15, 0.2) is 18.2 Å². The van der Waals surface area contributed by atoms with Gasteiger partial charge in [-0.2, -0.15) is 0 Å². The van der Waals surface area contributed by atoms with Crippen molar-refractivity contribution in [2.45, 2.75) is 46.6 Å². The van der Waals surface area contributed by atoms with Crippen LogP contribution in [0.1, 0.15) is 52.1 Å². The van der Waals surface area contributed by atoms with E-state index in [4.69, 9.17) is 5.73 Å². The second-order valence-corrected chi connectivity index (χ2v) is 5.22. The van der Waals surface area contributed by atoms with Gasteiger partial charge >= 0.3 is 0 Å². The first-order valence-electron chi connectivity index (χ1n) is 7.33. The van der Waals surface area contributed by atoms with Gasteiger partial charge in [0.1, 0.15) is 5.82 Å². The summed E-state index contributed by atoms with van der Waals surface area (Å²) in [7, 11) is 0. The molecule has 0 aliphatic rings. The Morgan fingerprint density at radius 2 is 1.84 bits per heavy atom. The lowest BCUT2D eigenvalue weighted by atomic mass is 10.0. The van der Waals surface area contributed by atoms with Crippen LogP contribution in [0.2, 0.25) is 0 Å². The average Bonchev–Trinajstić information content (AvgIpc) is 2.41.